The van der Waals surface area contributed by atoms with Crippen molar-refractivity contribution < 1.29 is 58.1 Å². The van der Waals surface area contributed by atoms with Crippen LogP contribution in [-0.4, -0.2) is 125 Å². The van der Waals surface area contributed by atoms with Crippen LogP contribution in [0.2, 0.25) is 0 Å². The molecule has 19 heteroatoms. The molecule has 10 atom stereocenters. The molecule has 0 spiro atoms. The molecule has 68 heavy (non-hydrogen) atoms. The largest absolute Gasteiger partial charge is 0.480 e. The summed E-state index contributed by atoms with van der Waals surface area (Å²) >= 11 is 0. The number of likely N-dealkylation sites (N-methyl/N-ethyl adjacent to an activating group) is 1. The Morgan fingerprint density at radius 3 is 1.99 bits per heavy atom. The molecule has 1 saturated carbocycles. The van der Waals surface area contributed by atoms with Gasteiger partial charge >= 0.3 is 11.9 Å². The van der Waals surface area contributed by atoms with Crippen molar-refractivity contribution in [3.05, 3.63) is 72.0 Å². The van der Waals surface area contributed by atoms with E-state index in [4.69, 9.17) is 4.74 Å². The Hall–Kier alpha value is -6.37. The van der Waals surface area contributed by atoms with Gasteiger partial charge in [0.1, 0.15) is 35.9 Å². The van der Waals surface area contributed by atoms with Gasteiger partial charge in [-0.1, -0.05) is 114 Å². The third-order valence-corrected chi connectivity index (χ3v) is 12.7. The molecule has 374 valence electrons. The average molecular weight is 950 g/mol. The number of carboxylic acid groups (broad SMARTS) is 2. The smallest absolute Gasteiger partial charge is 0.327 e. The second kappa shape index (κ2) is 26.8. The van der Waals surface area contributed by atoms with Crippen LogP contribution in [0.3, 0.4) is 0 Å². The zero-order chi connectivity index (χ0) is 50.8. The summed E-state index contributed by atoms with van der Waals surface area (Å²) in [4.78, 5) is 121. The number of benzene rings is 1. The summed E-state index contributed by atoms with van der Waals surface area (Å²) < 4.78 is 5.80. The first-order valence-electron chi connectivity index (χ1n) is 23.2. The normalized spacial score (nSPS) is 27.6. The molecular formula is C49H71N7O12. The van der Waals surface area contributed by atoms with Crippen LogP contribution in [0.4, 0.5) is 0 Å². The van der Waals surface area contributed by atoms with Gasteiger partial charge in [0.25, 0.3) is 5.91 Å². The highest BCUT2D eigenvalue weighted by molar-refractivity contribution is 6.00. The number of nitrogens with one attached hydrogen (secondary N) is 6. The van der Waals surface area contributed by atoms with Gasteiger partial charge in [-0.15, -0.1) is 0 Å². The molecule has 19 nitrogen and oxygen atoms in total. The molecule has 1 heterocycles. The van der Waals surface area contributed by atoms with Gasteiger partial charge in [-0.3, -0.25) is 33.6 Å². The van der Waals surface area contributed by atoms with Gasteiger partial charge in [0, 0.05) is 26.5 Å². The molecule has 1 aliphatic heterocycles. The average Bonchev–Trinajstić information content (AvgIpc) is 3.30. The van der Waals surface area contributed by atoms with E-state index in [1.807, 2.05) is 50.3 Å². The van der Waals surface area contributed by atoms with Crippen molar-refractivity contribution in [3.8, 4) is 0 Å². The van der Waals surface area contributed by atoms with E-state index < -0.39 is 114 Å². The first kappa shape index (κ1) is 56.0. The molecule has 1 aliphatic carbocycles. The Morgan fingerprint density at radius 1 is 0.779 bits per heavy atom. The number of allylic oxidation sites excluding steroid dienone is 2. The minimum Gasteiger partial charge on any atom is -0.480 e. The summed E-state index contributed by atoms with van der Waals surface area (Å²) in [6.07, 6.45) is 9.25. The maximum Gasteiger partial charge on any atom is 0.327 e. The summed E-state index contributed by atoms with van der Waals surface area (Å²) in [6.45, 7) is 12.9. The fourth-order valence-corrected chi connectivity index (χ4v) is 8.10. The molecule has 1 aromatic rings. The second-order valence-corrected chi connectivity index (χ2v) is 18.1. The summed E-state index contributed by atoms with van der Waals surface area (Å²) in [5.74, 6) is -11.5. The molecular weight excluding hydrogens is 879 g/mol. The quantitative estimate of drug-likeness (QED) is 0.117. The zero-order valence-corrected chi connectivity index (χ0v) is 40.5. The first-order chi connectivity index (χ1) is 32.0. The molecule has 2 fully saturated rings. The van der Waals surface area contributed by atoms with E-state index in [1.165, 1.54) is 34.7 Å². The van der Waals surface area contributed by atoms with E-state index in [9.17, 15) is 53.4 Å². The van der Waals surface area contributed by atoms with Crippen LogP contribution < -0.4 is 31.9 Å². The van der Waals surface area contributed by atoms with Gasteiger partial charge in [0.15, 0.2) is 0 Å². The lowest BCUT2D eigenvalue weighted by Gasteiger charge is -2.29. The summed E-state index contributed by atoms with van der Waals surface area (Å²) in [6, 6.07) is 1.45. The highest BCUT2D eigenvalue weighted by Crippen LogP contribution is 2.28. The summed E-state index contributed by atoms with van der Waals surface area (Å²) in [5, 5.41) is 35.5. The number of rotatable bonds is 11. The zero-order valence-electron chi connectivity index (χ0n) is 40.5. The summed E-state index contributed by atoms with van der Waals surface area (Å²) in [7, 11) is 2.86. The summed E-state index contributed by atoms with van der Waals surface area (Å²) in [5.41, 5.74) is 1.44. The Bertz CT molecular complexity index is 2050. The number of aliphatic carboxylic acids is 2. The molecule has 8 N–H and O–H groups in total. The van der Waals surface area contributed by atoms with Crippen LogP contribution in [0.5, 0.6) is 0 Å². The van der Waals surface area contributed by atoms with Crippen LogP contribution in [0, 0.1) is 23.7 Å². The molecule has 3 rings (SSSR count). The minimum atomic E-state index is -1.81. The maximum atomic E-state index is 13.9. The Balaban J connectivity index is 2.01. The highest BCUT2D eigenvalue weighted by atomic mass is 16.5. The van der Waals surface area contributed by atoms with Crippen LogP contribution in [-0.2, 0) is 54.3 Å². The number of hydrogen-bond acceptors (Lipinski definition) is 10. The topological polar surface area (TPSA) is 279 Å². The number of nitrogens with zero attached hydrogens (tertiary/aromatic N) is 1. The molecule has 1 saturated heterocycles. The van der Waals surface area contributed by atoms with Gasteiger partial charge in [-0.25, -0.2) is 9.59 Å². The molecule has 0 unspecified atom stereocenters. The number of carbonyl (C=O) groups excluding carboxylic acids is 7. The second-order valence-electron chi connectivity index (χ2n) is 18.1. The molecule has 2 aliphatic rings. The molecule has 1 aromatic carbocycles. The van der Waals surface area contributed by atoms with Crippen molar-refractivity contribution in [2.24, 2.45) is 23.7 Å². The van der Waals surface area contributed by atoms with E-state index in [0.29, 0.717) is 6.42 Å². The third-order valence-electron chi connectivity index (χ3n) is 12.7. The number of methoxy groups -OCH3 is 1. The molecule has 0 aromatic heterocycles. The van der Waals surface area contributed by atoms with Crippen LogP contribution in [0.15, 0.2) is 66.4 Å². The van der Waals surface area contributed by atoms with Crippen LogP contribution in [0.1, 0.15) is 98.5 Å². The van der Waals surface area contributed by atoms with Gasteiger partial charge in [-0.05, 0) is 51.5 Å². The third kappa shape index (κ3) is 17.1. The van der Waals surface area contributed by atoms with Crippen LogP contribution >= 0.6 is 0 Å². The number of carboxylic acids is 2. The predicted molar refractivity (Wildman–Crippen MR) is 252 cm³/mol. The predicted octanol–water partition coefficient (Wildman–Crippen LogP) is 2.51. The number of carbonyl (C=O) groups is 9. The Kier molecular flexibility index (Phi) is 22.1. The van der Waals surface area contributed by atoms with Crippen molar-refractivity contribution >= 4 is 53.3 Å². The lowest BCUT2D eigenvalue weighted by Crippen LogP contribution is -2.59. The lowest BCUT2D eigenvalue weighted by atomic mass is 9.84. The fourth-order valence-electron chi connectivity index (χ4n) is 8.10. The molecule has 0 bridgehead atoms. The van der Waals surface area contributed by atoms with Crippen molar-refractivity contribution in [2.75, 3.05) is 14.2 Å². The molecule has 7 amide bonds. The number of hydrogen-bond donors (Lipinski definition) is 8. The van der Waals surface area contributed by atoms with Gasteiger partial charge in [-0.2, -0.15) is 0 Å². The van der Waals surface area contributed by atoms with E-state index >= 15 is 0 Å². The van der Waals surface area contributed by atoms with E-state index in [2.05, 4.69) is 38.5 Å². The van der Waals surface area contributed by atoms with Crippen molar-refractivity contribution in [1.29, 1.82) is 0 Å². The van der Waals surface area contributed by atoms with Gasteiger partial charge < -0.3 is 51.8 Å². The van der Waals surface area contributed by atoms with Gasteiger partial charge in [0.05, 0.1) is 24.0 Å². The Labute approximate surface area is 398 Å². The first-order valence-corrected chi connectivity index (χ1v) is 23.2. The number of ether oxygens (including phenoxy) is 1. The minimum absolute atomic E-state index is 0.00703. The van der Waals surface area contributed by atoms with Crippen molar-refractivity contribution in [1.82, 2.24) is 36.8 Å². The van der Waals surface area contributed by atoms with E-state index in [1.54, 1.807) is 19.3 Å². The van der Waals surface area contributed by atoms with Crippen molar-refractivity contribution in [3.63, 3.8) is 0 Å². The molecule has 0 radical (unpaired) electrons. The standard InChI is InChI=1S/C49H71N7O12/c1-27(24-28(2)39(68-9)26-35-18-14-11-15-19-35)20-21-36-29(3)42(58)53-37(48(64)65)22-23-40(57)56(8)33(7)46(62)51-32(6)45(61)54-38(25-34-16-12-10-13-17-34)47(63)55-41(49(66)67)30(4)43(59)50-31(5)44(60)52-36/h11,14-15,18-21,24,28-32,34,36-39,41H,7,10,12-13,16-17,22-23,25-26H2,1-6,8-9H3,(H,50,59)(H,51,62)(H,52,60)(H,53,58)(H,54,61)(H,55,63)(H,64,65)(H,66,67)/b21-20+,27-24+/t28-,29-,30-,31-,32+,36-,37+,38-,39-,41+/m0/s1. The monoisotopic (exact) mass is 950 g/mol. The van der Waals surface area contributed by atoms with E-state index in [-0.39, 0.29) is 30.1 Å². The van der Waals surface area contributed by atoms with Gasteiger partial charge in [0.2, 0.25) is 35.4 Å². The number of amides is 7. The Morgan fingerprint density at radius 2 is 1.38 bits per heavy atom. The van der Waals surface area contributed by atoms with Crippen LogP contribution in [0.25, 0.3) is 0 Å². The maximum absolute atomic E-state index is 13.9. The fraction of sp³-hybridized carbons (Fsp3) is 0.571. The lowest BCUT2D eigenvalue weighted by molar-refractivity contribution is -0.146. The van der Waals surface area contributed by atoms with E-state index in [0.717, 1.165) is 48.1 Å². The SMILES string of the molecule is C=C1C(=O)N[C@H](C)C(=O)N[C@@H](CC2CCCCC2)C(=O)N[C@@H](C(=O)O)[C@H](C)C(=O)N[C@@H](C)C(=O)N[C@@H](/C=C/C(C)=C/[C@H](C)[C@H](Cc2ccccc2)OC)[C@H](C)C(=O)N[C@@H](C(=O)O)CCC(=O)N1C. The highest BCUT2D eigenvalue weighted by Gasteiger charge is 2.37. The van der Waals surface area contributed by atoms with Crippen molar-refractivity contribution in [2.45, 2.75) is 142 Å².